The van der Waals surface area contributed by atoms with Crippen LogP contribution in [0.4, 0.5) is 0 Å². The summed E-state index contributed by atoms with van der Waals surface area (Å²) in [5.41, 5.74) is 0. The number of rotatable bonds is 3. The van der Waals surface area contributed by atoms with Gasteiger partial charge in [0.15, 0.2) is 0 Å². The Hall–Kier alpha value is -2.21. The molecule has 0 aliphatic carbocycles. The van der Waals surface area contributed by atoms with Gasteiger partial charge in [0.2, 0.25) is 0 Å². The van der Waals surface area contributed by atoms with Crippen molar-refractivity contribution in [3.63, 3.8) is 0 Å². The molecular weight excluding hydrogens is 339 g/mol. The van der Waals surface area contributed by atoms with Crippen molar-refractivity contribution in [3.8, 4) is 0 Å². The predicted octanol–water partition coefficient (Wildman–Crippen LogP) is 5.50. The molecule has 0 aliphatic heterocycles. The quantitative estimate of drug-likeness (QED) is 0.423. The van der Waals surface area contributed by atoms with Crippen LogP contribution in [-0.2, 0) is 0 Å². The van der Waals surface area contributed by atoms with Crippen LogP contribution >= 0.6 is 19.3 Å². The lowest BCUT2D eigenvalue weighted by atomic mass is 10.4. The van der Waals surface area contributed by atoms with Crippen LogP contribution in [0.3, 0.4) is 0 Å². The molecule has 4 aromatic rings. The Labute approximate surface area is 155 Å². The highest BCUT2D eigenvalue weighted by atomic mass is 32.1. The van der Waals surface area contributed by atoms with Crippen molar-refractivity contribution in [2.45, 2.75) is 6.92 Å². The van der Waals surface area contributed by atoms with Crippen molar-refractivity contribution >= 4 is 35.2 Å². The molecule has 2 heteroatoms. The Kier molecular flexibility index (Phi) is 6.56. The van der Waals surface area contributed by atoms with Crippen LogP contribution in [0.25, 0.3) is 0 Å². The van der Waals surface area contributed by atoms with Crippen molar-refractivity contribution < 1.29 is 0 Å². The van der Waals surface area contributed by atoms with Crippen LogP contribution in [0, 0.1) is 6.92 Å². The Morgan fingerprint density at radius 2 is 0.920 bits per heavy atom. The number of aryl methyl sites for hydroxylation is 1. The third-order valence-corrected chi connectivity index (χ3v) is 6.95. The van der Waals surface area contributed by atoms with E-state index in [1.165, 1.54) is 20.8 Å². The van der Waals surface area contributed by atoms with Gasteiger partial charge >= 0.3 is 0 Å². The predicted molar refractivity (Wildman–Crippen MR) is 114 cm³/mol. The minimum atomic E-state index is -0.446. The second-order valence-corrected chi connectivity index (χ2v) is 8.94. The Balaban J connectivity index is 0.000000258. The second kappa shape index (κ2) is 9.32. The van der Waals surface area contributed by atoms with Crippen LogP contribution in [0.2, 0.25) is 0 Å². The molecule has 0 unspecified atom stereocenters. The minimum Gasteiger partial charge on any atom is -0.149 e. The molecule has 0 N–H and O–H groups in total. The molecule has 0 aliphatic rings. The Morgan fingerprint density at radius 1 is 0.520 bits per heavy atom. The van der Waals surface area contributed by atoms with Gasteiger partial charge in [0.25, 0.3) is 0 Å². The van der Waals surface area contributed by atoms with E-state index in [2.05, 4.69) is 115 Å². The lowest BCUT2D eigenvalue weighted by Gasteiger charge is -2.18. The molecule has 25 heavy (non-hydrogen) atoms. The van der Waals surface area contributed by atoms with Crippen molar-refractivity contribution in [2.75, 3.05) is 0 Å². The van der Waals surface area contributed by atoms with Gasteiger partial charge in [0.1, 0.15) is 0 Å². The van der Waals surface area contributed by atoms with E-state index in [9.17, 15) is 0 Å². The van der Waals surface area contributed by atoms with Gasteiger partial charge in [-0.15, -0.1) is 11.3 Å². The minimum absolute atomic E-state index is 0.446. The Morgan fingerprint density at radius 3 is 1.16 bits per heavy atom. The van der Waals surface area contributed by atoms with Crippen molar-refractivity contribution in [1.82, 2.24) is 0 Å². The summed E-state index contributed by atoms with van der Waals surface area (Å²) < 4.78 is 0. The van der Waals surface area contributed by atoms with Gasteiger partial charge in [-0.05, 0) is 42.2 Å². The van der Waals surface area contributed by atoms with Crippen LogP contribution in [0.1, 0.15) is 4.88 Å². The van der Waals surface area contributed by atoms with E-state index >= 15 is 0 Å². The van der Waals surface area contributed by atoms with Gasteiger partial charge in [-0.25, -0.2) is 0 Å². The summed E-state index contributed by atoms with van der Waals surface area (Å²) in [6, 6.07) is 36.5. The summed E-state index contributed by atoms with van der Waals surface area (Å²) >= 11 is 1.78. The van der Waals surface area contributed by atoms with Gasteiger partial charge in [-0.3, -0.25) is 0 Å². The molecule has 0 saturated carbocycles. The SMILES string of the molecule is Cc1cccs1.c1ccc(P(c2ccccc2)c2ccccc2)cc1. The first-order chi connectivity index (χ1) is 12.3. The molecule has 1 aromatic heterocycles. The lowest BCUT2D eigenvalue weighted by molar-refractivity contribution is 1.64. The average molecular weight is 360 g/mol. The normalized spacial score (nSPS) is 10.2. The van der Waals surface area contributed by atoms with E-state index in [4.69, 9.17) is 0 Å². The molecular formula is C23H21PS. The summed E-state index contributed by atoms with van der Waals surface area (Å²) in [5.74, 6) is 0. The Bertz CT molecular complexity index is 747. The number of benzene rings is 3. The fourth-order valence-corrected chi connectivity index (χ4v) is 5.37. The number of thiophene rings is 1. The van der Waals surface area contributed by atoms with Gasteiger partial charge in [0.05, 0.1) is 0 Å². The van der Waals surface area contributed by atoms with Gasteiger partial charge in [0, 0.05) is 4.88 Å². The number of hydrogen-bond donors (Lipinski definition) is 0. The van der Waals surface area contributed by atoms with Crippen molar-refractivity contribution in [2.24, 2.45) is 0 Å². The maximum absolute atomic E-state index is 2.23. The summed E-state index contributed by atoms with van der Waals surface area (Å²) in [4.78, 5) is 1.38. The molecule has 0 amide bonds. The molecule has 1 heterocycles. The smallest absolute Gasteiger partial charge is 0.00141 e. The lowest BCUT2D eigenvalue weighted by Crippen LogP contribution is -2.20. The van der Waals surface area contributed by atoms with E-state index < -0.39 is 7.92 Å². The third-order valence-electron chi connectivity index (χ3n) is 3.71. The summed E-state index contributed by atoms with van der Waals surface area (Å²) in [6.45, 7) is 2.10. The molecule has 0 fully saturated rings. The fraction of sp³-hybridized carbons (Fsp3) is 0.0435. The first-order valence-electron chi connectivity index (χ1n) is 8.30. The molecule has 0 saturated heterocycles. The van der Waals surface area contributed by atoms with E-state index in [-0.39, 0.29) is 0 Å². The van der Waals surface area contributed by atoms with E-state index in [1.807, 2.05) is 0 Å². The summed E-state index contributed by atoms with van der Waals surface area (Å²) in [6.07, 6.45) is 0. The molecule has 4 rings (SSSR count). The molecule has 0 atom stereocenters. The van der Waals surface area contributed by atoms with Crippen LogP contribution in [-0.4, -0.2) is 0 Å². The van der Waals surface area contributed by atoms with Crippen LogP contribution in [0.15, 0.2) is 109 Å². The van der Waals surface area contributed by atoms with E-state index in [0.717, 1.165) is 0 Å². The third kappa shape index (κ3) is 5.13. The van der Waals surface area contributed by atoms with E-state index in [1.54, 1.807) is 11.3 Å². The van der Waals surface area contributed by atoms with Gasteiger partial charge in [-0.1, -0.05) is 97.1 Å². The van der Waals surface area contributed by atoms with Crippen LogP contribution in [0.5, 0.6) is 0 Å². The first-order valence-corrected chi connectivity index (χ1v) is 10.5. The highest BCUT2D eigenvalue weighted by Crippen LogP contribution is 2.32. The first kappa shape index (κ1) is 17.6. The van der Waals surface area contributed by atoms with Crippen molar-refractivity contribution in [1.29, 1.82) is 0 Å². The summed E-state index contributed by atoms with van der Waals surface area (Å²) in [7, 11) is -0.446. The monoisotopic (exact) mass is 360 g/mol. The average Bonchev–Trinajstić information content (AvgIpc) is 3.16. The highest BCUT2D eigenvalue weighted by Gasteiger charge is 2.14. The topological polar surface area (TPSA) is 0 Å². The maximum atomic E-state index is 2.23. The molecule has 124 valence electrons. The van der Waals surface area contributed by atoms with Crippen LogP contribution < -0.4 is 15.9 Å². The summed E-state index contributed by atoms with van der Waals surface area (Å²) in [5, 5.41) is 6.27. The fourth-order valence-electron chi connectivity index (χ4n) is 2.54. The zero-order valence-corrected chi connectivity index (χ0v) is 16.0. The number of hydrogen-bond acceptors (Lipinski definition) is 1. The standard InChI is InChI=1S/C18H15P.C5H6S/c1-4-10-16(11-5-1)19(17-12-6-2-7-13-17)18-14-8-3-9-15-18;1-5-3-2-4-6-5/h1-15H;2-4H,1H3. The zero-order chi connectivity index (χ0) is 17.3. The molecule has 0 bridgehead atoms. The van der Waals surface area contributed by atoms with E-state index in [0.29, 0.717) is 0 Å². The zero-order valence-electron chi connectivity index (χ0n) is 14.2. The van der Waals surface area contributed by atoms with Gasteiger partial charge in [-0.2, -0.15) is 0 Å². The second-order valence-electron chi connectivity index (χ2n) is 5.57. The molecule has 3 aromatic carbocycles. The largest absolute Gasteiger partial charge is 0.149 e. The molecule has 0 radical (unpaired) electrons. The maximum Gasteiger partial charge on any atom is 0.00141 e. The highest BCUT2D eigenvalue weighted by molar-refractivity contribution is 7.79. The van der Waals surface area contributed by atoms with Crippen molar-refractivity contribution in [3.05, 3.63) is 113 Å². The van der Waals surface area contributed by atoms with Gasteiger partial charge < -0.3 is 0 Å². The molecule has 0 nitrogen and oxygen atoms in total. The molecule has 0 spiro atoms.